The van der Waals surface area contributed by atoms with Gasteiger partial charge in [0.2, 0.25) is 0 Å². The number of halogens is 1. The van der Waals surface area contributed by atoms with Crippen molar-refractivity contribution >= 4 is 29.9 Å². The van der Waals surface area contributed by atoms with Crippen LogP contribution in [0.5, 0.6) is 5.75 Å². The zero-order valence-corrected chi connectivity index (χ0v) is 17.9. The Hall–Kier alpha value is -0.980. The van der Waals surface area contributed by atoms with Gasteiger partial charge in [-0.3, -0.25) is 4.99 Å². The molecule has 1 N–H and O–H groups in total. The molecule has 2 unspecified atom stereocenters. The lowest BCUT2D eigenvalue weighted by Crippen LogP contribution is -2.40. The quantitative estimate of drug-likeness (QED) is 0.414. The van der Waals surface area contributed by atoms with E-state index in [4.69, 9.17) is 9.73 Å². The van der Waals surface area contributed by atoms with Crippen molar-refractivity contribution in [3.63, 3.8) is 0 Å². The highest BCUT2D eigenvalue weighted by Crippen LogP contribution is 2.35. The molecule has 1 heterocycles. The lowest BCUT2D eigenvalue weighted by atomic mass is 9.82. The Labute approximate surface area is 169 Å². The molecule has 1 saturated heterocycles. The molecular weight excluding hydrogens is 425 g/mol. The minimum absolute atomic E-state index is 0. The summed E-state index contributed by atoms with van der Waals surface area (Å²) in [6, 6.07) is 8.29. The Balaban J connectivity index is 0.00000225. The van der Waals surface area contributed by atoms with E-state index in [2.05, 4.69) is 29.3 Å². The molecule has 0 bridgehead atoms. The topological polar surface area (TPSA) is 36.9 Å². The minimum atomic E-state index is 0. The normalized spacial score (nSPS) is 23.0. The molecule has 0 radical (unpaired) electrons. The summed E-state index contributed by atoms with van der Waals surface area (Å²) < 4.78 is 5.30. The number of methoxy groups -OCH3 is 1. The number of guanidine groups is 1. The van der Waals surface area contributed by atoms with Gasteiger partial charge in [-0.25, -0.2) is 0 Å². The lowest BCUT2D eigenvalue weighted by molar-refractivity contribution is 0.299. The van der Waals surface area contributed by atoms with E-state index < -0.39 is 0 Å². The summed E-state index contributed by atoms with van der Waals surface area (Å²) >= 11 is 0. The maximum atomic E-state index is 5.30. The van der Waals surface area contributed by atoms with Crippen molar-refractivity contribution in [2.45, 2.75) is 39.0 Å². The van der Waals surface area contributed by atoms with Crippen molar-refractivity contribution in [2.24, 2.45) is 16.8 Å². The van der Waals surface area contributed by atoms with E-state index in [-0.39, 0.29) is 24.0 Å². The van der Waals surface area contributed by atoms with Crippen LogP contribution in [0.1, 0.15) is 38.2 Å². The van der Waals surface area contributed by atoms with Crippen LogP contribution in [-0.2, 0) is 6.42 Å². The maximum Gasteiger partial charge on any atom is 0.193 e. The molecule has 2 aliphatic rings. The summed E-state index contributed by atoms with van der Waals surface area (Å²) in [7, 11) is 1.72. The Morgan fingerprint density at radius 1 is 1.24 bits per heavy atom. The highest BCUT2D eigenvalue weighted by atomic mass is 127. The molecule has 2 atom stereocenters. The van der Waals surface area contributed by atoms with Crippen molar-refractivity contribution in [1.29, 1.82) is 0 Å². The summed E-state index contributed by atoms with van der Waals surface area (Å²) in [6.45, 7) is 6.29. The first-order chi connectivity index (χ1) is 11.8. The van der Waals surface area contributed by atoms with E-state index in [1.807, 2.05) is 12.1 Å². The van der Waals surface area contributed by atoms with E-state index in [1.165, 1.54) is 44.3 Å². The SMILES string of the molecule is CCNC(=NCCc1cccc(OC)c1)N1CC2CCCCC2C1.I. The average Bonchev–Trinajstić information content (AvgIpc) is 3.05. The fraction of sp³-hybridized carbons (Fsp3) is 0.650. The second kappa shape index (κ2) is 10.2. The van der Waals surface area contributed by atoms with E-state index >= 15 is 0 Å². The van der Waals surface area contributed by atoms with Crippen LogP contribution >= 0.6 is 24.0 Å². The number of benzene rings is 1. The molecular formula is C20H32IN3O. The molecule has 3 rings (SSSR count). The number of rotatable bonds is 5. The highest BCUT2D eigenvalue weighted by Gasteiger charge is 2.35. The van der Waals surface area contributed by atoms with Crippen LogP contribution in [0.2, 0.25) is 0 Å². The van der Waals surface area contributed by atoms with Crippen molar-refractivity contribution in [2.75, 3.05) is 33.3 Å². The number of nitrogens with one attached hydrogen (secondary N) is 1. The van der Waals surface area contributed by atoms with Crippen molar-refractivity contribution in [3.05, 3.63) is 29.8 Å². The second-order valence-electron chi connectivity index (χ2n) is 7.05. The largest absolute Gasteiger partial charge is 0.497 e. The van der Waals surface area contributed by atoms with E-state index in [0.717, 1.165) is 43.1 Å². The lowest BCUT2D eigenvalue weighted by Gasteiger charge is -2.22. The van der Waals surface area contributed by atoms with Crippen molar-refractivity contribution < 1.29 is 4.74 Å². The summed E-state index contributed by atoms with van der Waals surface area (Å²) in [5.74, 6) is 3.81. The predicted octanol–water partition coefficient (Wildman–Crippen LogP) is 3.94. The Morgan fingerprint density at radius 2 is 1.96 bits per heavy atom. The van der Waals surface area contributed by atoms with Crippen LogP contribution in [0.4, 0.5) is 0 Å². The second-order valence-corrected chi connectivity index (χ2v) is 7.05. The number of hydrogen-bond acceptors (Lipinski definition) is 2. The molecule has 4 nitrogen and oxygen atoms in total. The maximum absolute atomic E-state index is 5.30. The van der Waals surface area contributed by atoms with Gasteiger partial charge in [0.1, 0.15) is 5.75 Å². The van der Waals surface area contributed by atoms with Gasteiger partial charge in [-0.1, -0.05) is 25.0 Å². The van der Waals surface area contributed by atoms with Gasteiger partial charge in [-0.05, 0) is 55.7 Å². The van der Waals surface area contributed by atoms with Crippen LogP contribution in [0.3, 0.4) is 0 Å². The summed E-state index contributed by atoms with van der Waals surface area (Å²) in [5.41, 5.74) is 1.28. The zero-order valence-electron chi connectivity index (χ0n) is 15.5. The summed E-state index contributed by atoms with van der Waals surface area (Å²) in [4.78, 5) is 7.39. The van der Waals surface area contributed by atoms with Crippen LogP contribution in [0.15, 0.2) is 29.3 Å². The van der Waals surface area contributed by atoms with Gasteiger partial charge in [-0.15, -0.1) is 24.0 Å². The molecule has 1 aliphatic heterocycles. The van der Waals surface area contributed by atoms with Crippen LogP contribution in [0, 0.1) is 11.8 Å². The third-order valence-corrected chi connectivity index (χ3v) is 5.41. The van der Waals surface area contributed by atoms with Crippen molar-refractivity contribution in [3.8, 4) is 5.75 Å². The number of aliphatic imine (C=N–C) groups is 1. The minimum Gasteiger partial charge on any atom is -0.497 e. The fourth-order valence-electron chi connectivity index (χ4n) is 4.12. The van der Waals surface area contributed by atoms with Gasteiger partial charge in [0.05, 0.1) is 7.11 Å². The molecule has 1 aromatic carbocycles. The average molecular weight is 457 g/mol. The predicted molar refractivity (Wildman–Crippen MR) is 115 cm³/mol. The summed E-state index contributed by atoms with van der Waals surface area (Å²) in [6.07, 6.45) is 6.60. The highest BCUT2D eigenvalue weighted by molar-refractivity contribution is 14.0. The van der Waals surface area contributed by atoms with Gasteiger partial charge in [-0.2, -0.15) is 0 Å². The number of fused-ring (bicyclic) bond motifs is 1. The molecule has 2 fully saturated rings. The molecule has 5 heteroatoms. The van der Waals surface area contributed by atoms with Crippen LogP contribution in [0.25, 0.3) is 0 Å². The van der Waals surface area contributed by atoms with Gasteiger partial charge >= 0.3 is 0 Å². The Kier molecular flexibility index (Phi) is 8.33. The molecule has 0 amide bonds. The van der Waals surface area contributed by atoms with Gasteiger partial charge < -0.3 is 15.0 Å². The van der Waals surface area contributed by atoms with E-state index in [1.54, 1.807) is 7.11 Å². The fourth-order valence-corrected chi connectivity index (χ4v) is 4.12. The zero-order chi connectivity index (χ0) is 16.8. The van der Waals surface area contributed by atoms with Crippen LogP contribution in [-0.4, -0.2) is 44.1 Å². The number of hydrogen-bond donors (Lipinski definition) is 1. The van der Waals surface area contributed by atoms with Gasteiger partial charge in [0.15, 0.2) is 5.96 Å². The van der Waals surface area contributed by atoms with Crippen LogP contribution < -0.4 is 10.1 Å². The molecule has 0 spiro atoms. The molecule has 1 saturated carbocycles. The Bertz CT molecular complexity index is 550. The Morgan fingerprint density at radius 3 is 2.60 bits per heavy atom. The molecule has 25 heavy (non-hydrogen) atoms. The smallest absolute Gasteiger partial charge is 0.193 e. The number of nitrogens with zero attached hydrogens (tertiary/aromatic N) is 2. The summed E-state index contributed by atoms with van der Waals surface area (Å²) in [5, 5.41) is 3.49. The molecule has 0 aromatic heterocycles. The first-order valence-corrected chi connectivity index (χ1v) is 9.46. The van der Waals surface area contributed by atoms with E-state index in [0.29, 0.717) is 0 Å². The molecule has 1 aromatic rings. The first-order valence-electron chi connectivity index (χ1n) is 9.46. The van der Waals surface area contributed by atoms with Gasteiger partial charge in [0.25, 0.3) is 0 Å². The number of likely N-dealkylation sites (tertiary alicyclic amines) is 1. The van der Waals surface area contributed by atoms with Gasteiger partial charge in [0, 0.05) is 26.2 Å². The third kappa shape index (κ3) is 5.50. The molecule has 1 aliphatic carbocycles. The monoisotopic (exact) mass is 457 g/mol. The van der Waals surface area contributed by atoms with E-state index in [9.17, 15) is 0 Å². The third-order valence-electron chi connectivity index (χ3n) is 5.41. The number of ether oxygens (including phenoxy) is 1. The molecule has 140 valence electrons. The first kappa shape index (κ1) is 20.3. The van der Waals surface area contributed by atoms with Crippen molar-refractivity contribution in [1.82, 2.24) is 10.2 Å². The standard InChI is InChI=1S/C20H31N3O.HI/c1-3-21-20(23-14-17-8-4-5-9-18(17)15-23)22-12-11-16-7-6-10-19(13-16)24-2;/h6-7,10,13,17-18H,3-5,8-9,11-12,14-15H2,1-2H3,(H,21,22);1H.